The van der Waals surface area contributed by atoms with E-state index in [1.54, 1.807) is 7.11 Å². The minimum Gasteiger partial charge on any atom is -0.496 e. The van der Waals surface area contributed by atoms with E-state index in [-0.39, 0.29) is 12.0 Å². The summed E-state index contributed by atoms with van der Waals surface area (Å²) >= 11 is 0. The molecule has 0 spiro atoms. The molecular weight excluding hydrogens is 316 g/mol. The van der Waals surface area contributed by atoms with Gasteiger partial charge in [0.15, 0.2) is 0 Å². The van der Waals surface area contributed by atoms with Crippen molar-refractivity contribution in [3.8, 4) is 5.75 Å². The van der Waals surface area contributed by atoms with Gasteiger partial charge in [-0.1, -0.05) is 18.2 Å². The number of methoxy groups -OCH3 is 1. The maximum atomic E-state index is 12.9. The van der Waals surface area contributed by atoms with E-state index in [0.29, 0.717) is 17.9 Å². The van der Waals surface area contributed by atoms with Crippen molar-refractivity contribution in [1.82, 2.24) is 9.80 Å². The normalized spacial score (nSPS) is 32.6. The van der Waals surface area contributed by atoms with E-state index >= 15 is 0 Å². The molecule has 2 aliphatic carbocycles. The minimum atomic E-state index is -0.180. The Labute approximate surface area is 149 Å². The van der Waals surface area contributed by atoms with E-state index in [1.165, 1.54) is 0 Å². The van der Waals surface area contributed by atoms with Crippen molar-refractivity contribution < 1.29 is 14.6 Å². The Balaban J connectivity index is 1.33. The fourth-order valence-corrected chi connectivity index (χ4v) is 4.64. The van der Waals surface area contributed by atoms with Crippen LogP contribution < -0.4 is 4.74 Å². The summed E-state index contributed by atoms with van der Waals surface area (Å²) in [6.45, 7) is 3.35. The molecule has 0 unspecified atom stereocenters. The molecule has 2 saturated carbocycles. The van der Waals surface area contributed by atoms with Gasteiger partial charge in [0.05, 0.1) is 13.2 Å². The van der Waals surface area contributed by atoms with Gasteiger partial charge in [0.1, 0.15) is 5.75 Å². The first-order valence-electron chi connectivity index (χ1n) is 9.53. The molecule has 1 amide bonds. The lowest BCUT2D eigenvalue weighted by Crippen LogP contribution is -2.54. The molecule has 1 aliphatic heterocycles. The number of para-hydroxylation sites is 1. The quantitative estimate of drug-likeness (QED) is 0.906. The van der Waals surface area contributed by atoms with E-state index < -0.39 is 0 Å². The molecule has 25 heavy (non-hydrogen) atoms. The SMILES string of the molecule is COc1ccccc1[C@@H]1C[C@@H]1C(=O)N1CCN([C@@H]2CCC[C@@H]2O)CC1. The Bertz CT molecular complexity index is 627. The van der Waals surface area contributed by atoms with E-state index in [4.69, 9.17) is 4.74 Å². The Morgan fingerprint density at radius 1 is 1.16 bits per heavy atom. The van der Waals surface area contributed by atoms with Gasteiger partial charge in [0, 0.05) is 38.1 Å². The smallest absolute Gasteiger partial charge is 0.226 e. The van der Waals surface area contributed by atoms with Crippen LogP contribution in [0.25, 0.3) is 0 Å². The van der Waals surface area contributed by atoms with Gasteiger partial charge in [0.2, 0.25) is 5.91 Å². The van der Waals surface area contributed by atoms with E-state index in [9.17, 15) is 9.90 Å². The number of nitrogens with zero attached hydrogens (tertiary/aromatic N) is 2. The zero-order chi connectivity index (χ0) is 17.4. The standard InChI is InChI=1S/C20H28N2O3/c1-25-19-8-3-2-5-14(19)15-13-16(15)20(24)22-11-9-21(10-12-22)17-6-4-7-18(17)23/h2-3,5,8,15-18,23H,4,6-7,9-13H2,1H3/t15-,16-,17+,18-/m0/s1. The van der Waals surface area contributed by atoms with Crippen molar-refractivity contribution in [2.45, 2.75) is 43.7 Å². The molecule has 5 nitrogen and oxygen atoms in total. The molecule has 4 atom stereocenters. The van der Waals surface area contributed by atoms with Crippen LogP contribution in [0.2, 0.25) is 0 Å². The summed E-state index contributed by atoms with van der Waals surface area (Å²) in [5, 5.41) is 10.1. The highest BCUT2D eigenvalue weighted by molar-refractivity contribution is 5.83. The second-order valence-corrected chi connectivity index (χ2v) is 7.62. The molecule has 1 heterocycles. The molecule has 3 aliphatic rings. The number of aliphatic hydroxyl groups excluding tert-OH is 1. The Morgan fingerprint density at radius 3 is 2.60 bits per heavy atom. The highest BCUT2D eigenvalue weighted by Crippen LogP contribution is 2.51. The van der Waals surface area contributed by atoms with Crippen LogP contribution in [-0.4, -0.2) is 66.2 Å². The van der Waals surface area contributed by atoms with Crippen LogP contribution >= 0.6 is 0 Å². The van der Waals surface area contributed by atoms with Crippen molar-refractivity contribution in [1.29, 1.82) is 0 Å². The molecule has 1 aromatic carbocycles. The first kappa shape index (κ1) is 16.9. The second kappa shape index (κ2) is 6.96. The molecular formula is C20H28N2O3. The van der Waals surface area contributed by atoms with Gasteiger partial charge in [-0.15, -0.1) is 0 Å². The molecule has 1 aromatic rings. The van der Waals surface area contributed by atoms with Gasteiger partial charge in [-0.25, -0.2) is 0 Å². The molecule has 0 bridgehead atoms. The summed E-state index contributed by atoms with van der Waals surface area (Å²) in [6, 6.07) is 8.35. The number of hydrogen-bond acceptors (Lipinski definition) is 4. The predicted molar refractivity (Wildman–Crippen MR) is 95.6 cm³/mol. The molecule has 1 N–H and O–H groups in total. The largest absolute Gasteiger partial charge is 0.496 e. The number of amides is 1. The third-order valence-corrected chi connectivity index (χ3v) is 6.18. The maximum absolute atomic E-state index is 12.9. The number of carbonyl (C=O) groups excluding carboxylic acids is 1. The van der Waals surface area contributed by atoms with Gasteiger partial charge in [-0.2, -0.15) is 0 Å². The third kappa shape index (κ3) is 3.27. The summed E-state index contributed by atoms with van der Waals surface area (Å²) in [4.78, 5) is 17.3. The van der Waals surface area contributed by atoms with Crippen LogP contribution in [0.5, 0.6) is 5.75 Å². The first-order chi connectivity index (χ1) is 12.2. The number of aliphatic hydroxyl groups is 1. The van der Waals surface area contributed by atoms with Gasteiger partial charge in [-0.3, -0.25) is 9.69 Å². The zero-order valence-electron chi connectivity index (χ0n) is 14.9. The second-order valence-electron chi connectivity index (χ2n) is 7.62. The summed E-state index contributed by atoms with van der Waals surface area (Å²) in [7, 11) is 1.69. The monoisotopic (exact) mass is 344 g/mol. The third-order valence-electron chi connectivity index (χ3n) is 6.18. The van der Waals surface area contributed by atoms with Gasteiger partial charge < -0.3 is 14.7 Å². The van der Waals surface area contributed by atoms with Gasteiger partial charge >= 0.3 is 0 Å². The van der Waals surface area contributed by atoms with E-state index in [2.05, 4.69) is 11.0 Å². The van der Waals surface area contributed by atoms with Crippen molar-refractivity contribution in [3.63, 3.8) is 0 Å². The van der Waals surface area contributed by atoms with Crippen LogP contribution in [0.4, 0.5) is 0 Å². The van der Waals surface area contributed by atoms with Gasteiger partial charge in [-0.05, 0) is 43.2 Å². The number of hydrogen-bond donors (Lipinski definition) is 1. The minimum absolute atomic E-state index is 0.111. The Morgan fingerprint density at radius 2 is 1.92 bits per heavy atom. The van der Waals surface area contributed by atoms with Crippen LogP contribution in [0, 0.1) is 5.92 Å². The topological polar surface area (TPSA) is 53.0 Å². The molecule has 1 saturated heterocycles. The van der Waals surface area contributed by atoms with Crippen molar-refractivity contribution >= 4 is 5.91 Å². The molecule has 0 aromatic heterocycles. The lowest BCUT2D eigenvalue weighted by Gasteiger charge is -2.39. The highest BCUT2D eigenvalue weighted by atomic mass is 16.5. The molecule has 4 rings (SSSR count). The van der Waals surface area contributed by atoms with Crippen molar-refractivity contribution in [3.05, 3.63) is 29.8 Å². The van der Waals surface area contributed by atoms with Crippen molar-refractivity contribution in [2.75, 3.05) is 33.3 Å². The van der Waals surface area contributed by atoms with Crippen LogP contribution in [0.1, 0.15) is 37.2 Å². The number of rotatable bonds is 4. The fraction of sp³-hybridized carbons (Fsp3) is 0.650. The predicted octanol–water partition coefficient (Wildman–Crippen LogP) is 1.86. The molecule has 0 radical (unpaired) electrons. The van der Waals surface area contributed by atoms with Crippen LogP contribution in [0.3, 0.4) is 0 Å². The van der Waals surface area contributed by atoms with E-state index in [0.717, 1.165) is 63.2 Å². The average molecular weight is 344 g/mol. The van der Waals surface area contributed by atoms with Crippen LogP contribution in [0.15, 0.2) is 24.3 Å². The molecule has 136 valence electrons. The average Bonchev–Trinajstić information content (AvgIpc) is 3.34. The first-order valence-corrected chi connectivity index (χ1v) is 9.53. The van der Waals surface area contributed by atoms with Crippen molar-refractivity contribution in [2.24, 2.45) is 5.92 Å². The summed E-state index contributed by atoms with van der Waals surface area (Å²) in [6.07, 6.45) is 3.88. The zero-order valence-corrected chi connectivity index (χ0v) is 14.9. The Hall–Kier alpha value is -1.59. The highest BCUT2D eigenvalue weighted by Gasteiger charge is 2.47. The number of carbonyl (C=O) groups is 1. The molecule has 5 heteroatoms. The number of piperazine rings is 1. The summed E-state index contributed by atoms with van der Waals surface area (Å²) < 4.78 is 5.45. The van der Waals surface area contributed by atoms with Gasteiger partial charge in [0.25, 0.3) is 0 Å². The number of ether oxygens (including phenoxy) is 1. The Kier molecular flexibility index (Phi) is 4.69. The number of benzene rings is 1. The summed E-state index contributed by atoms with van der Waals surface area (Å²) in [5.41, 5.74) is 1.16. The lowest BCUT2D eigenvalue weighted by atomic mass is 10.1. The maximum Gasteiger partial charge on any atom is 0.226 e. The van der Waals surface area contributed by atoms with Crippen LogP contribution in [-0.2, 0) is 4.79 Å². The lowest BCUT2D eigenvalue weighted by molar-refractivity contribution is -0.135. The fourth-order valence-electron chi connectivity index (χ4n) is 4.64. The summed E-state index contributed by atoms with van der Waals surface area (Å²) in [5.74, 6) is 1.60. The van der Waals surface area contributed by atoms with E-state index in [1.807, 2.05) is 23.1 Å². The molecule has 3 fully saturated rings.